The predicted molar refractivity (Wildman–Crippen MR) is 68.4 cm³/mol. The molecule has 3 nitrogen and oxygen atoms in total. The summed E-state index contributed by atoms with van der Waals surface area (Å²) < 4.78 is 18.1. The van der Waals surface area contributed by atoms with Crippen LogP contribution >= 0.6 is 15.9 Å². The van der Waals surface area contributed by atoms with Crippen molar-refractivity contribution in [2.45, 2.75) is 6.92 Å². The van der Waals surface area contributed by atoms with E-state index in [2.05, 4.69) is 26.0 Å². The van der Waals surface area contributed by atoms with Crippen molar-refractivity contribution in [1.82, 2.24) is 0 Å². The third-order valence-electron chi connectivity index (χ3n) is 2.14. The number of anilines is 1. The third-order valence-corrected chi connectivity index (χ3v) is 2.78. The maximum absolute atomic E-state index is 13.2. The van der Waals surface area contributed by atoms with E-state index in [0.717, 1.165) is 0 Å². The number of hydrogen-bond acceptors (Lipinski definition) is 3. The number of hydrogen-bond donors (Lipinski definition) is 1. The third kappa shape index (κ3) is 4.19. The normalized spacial score (nSPS) is 11.2. The zero-order valence-corrected chi connectivity index (χ0v) is 11.2. The van der Waals surface area contributed by atoms with Crippen LogP contribution in [0.4, 0.5) is 10.1 Å². The van der Waals surface area contributed by atoms with Crippen molar-refractivity contribution in [2.75, 3.05) is 19.0 Å². The minimum absolute atomic E-state index is 0.330. The summed E-state index contributed by atoms with van der Waals surface area (Å²) in [6.45, 7) is 2.09. The lowest BCUT2D eigenvalue weighted by Crippen LogP contribution is -2.05. The van der Waals surface area contributed by atoms with Gasteiger partial charge in [0.2, 0.25) is 0 Å². The fourth-order valence-corrected chi connectivity index (χ4v) is 1.42. The Labute approximate surface area is 108 Å². The van der Waals surface area contributed by atoms with E-state index in [4.69, 9.17) is 0 Å². The van der Waals surface area contributed by atoms with Crippen LogP contribution in [-0.2, 0) is 9.53 Å². The second-order valence-corrected chi connectivity index (χ2v) is 4.24. The van der Waals surface area contributed by atoms with Crippen LogP contribution in [-0.4, -0.2) is 19.6 Å². The molecular formula is C12H13BrFNO2. The topological polar surface area (TPSA) is 38.3 Å². The molecule has 0 saturated carbocycles. The molecule has 0 spiro atoms. The summed E-state index contributed by atoms with van der Waals surface area (Å²) in [7, 11) is 1.33. The number of ether oxygens (including phenoxy) is 1. The van der Waals surface area contributed by atoms with Crippen LogP contribution in [0, 0.1) is 5.82 Å². The van der Waals surface area contributed by atoms with Gasteiger partial charge in [-0.1, -0.05) is 6.08 Å². The summed E-state index contributed by atoms with van der Waals surface area (Å²) in [5, 5.41) is 2.98. The second kappa shape index (κ2) is 6.39. The second-order valence-electron chi connectivity index (χ2n) is 3.39. The standard InChI is InChI=1S/C12H13BrFNO2/c1-8(12(16)17-2)5-6-15-9-3-4-10(13)11(14)7-9/h3-5,7,15H,6H2,1-2H3/b8-5+. The van der Waals surface area contributed by atoms with Crippen molar-refractivity contribution in [3.63, 3.8) is 0 Å². The molecule has 0 aliphatic carbocycles. The number of carbonyl (C=O) groups excluding carboxylic acids is 1. The van der Waals surface area contributed by atoms with Crippen LogP contribution in [0.2, 0.25) is 0 Å². The van der Waals surface area contributed by atoms with Crippen LogP contribution in [0.3, 0.4) is 0 Å². The number of esters is 1. The fourth-order valence-electron chi connectivity index (χ4n) is 1.17. The number of rotatable bonds is 4. The first-order valence-electron chi connectivity index (χ1n) is 4.98. The first-order chi connectivity index (χ1) is 8.04. The maximum Gasteiger partial charge on any atom is 0.333 e. The van der Waals surface area contributed by atoms with Crippen molar-refractivity contribution in [3.05, 3.63) is 40.1 Å². The highest BCUT2D eigenvalue weighted by Gasteiger charge is 2.02. The van der Waals surface area contributed by atoms with Gasteiger partial charge in [0.15, 0.2) is 0 Å². The molecule has 0 fully saturated rings. The van der Waals surface area contributed by atoms with Gasteiger partial charge in [-0.3, -0.25) is 0 Å². The minimum atomic E-state index is -0.367. The van der Waals surface area contributed by atoms with Crippen molar-refractivity contribution in [2.24, 2.45) is 0 Å². The Morgan fingerprint density at radius 3 is 2.88 bits per heavy atom. The zero-order chi connectivity index (χ0) is 12.8. The van der Waals surface area contributed by atoms with Gasteiger partial charge in [-0.2, -0.15) is 0 Å². The Morgan fingerprint density at radius 2 is 2.29 bits per heavy atom. The summed E-state index contributed by atoms with van der Waals surface area (Å²) in [6.07, 6.45) is 1.69. The SMILES string of the molecule is COC(=O)/C(C)=C/CNc1ccc(Br)c(F)c1. The van der Waals surface area contributed by atoms with E-state index in [-0.39, 0.29) is 11.8 Å². The van der Waals surface area contributed by atoms with E-state index in [1.807, 2.05) is 0 Å². The quantitative estimate of drug-likeness (QED) is 0.686. The van der Waals surface area contributed by atoms with Gasteiger partial charge in [0.1, 0.15) is 5.82 Å². The molecule has 0 unspecified atom stereocenters. The van der Waals surface area contributed by atoms with Crippen molar-refractivity contribution in [1.29, 1.82) is 0 Å². The predicted octanol–water partition coefficient (Wildman–Crippen LogP) is 3.12. The van der Waals surface area contributed by atoms with Gasteiger partial charge in [0, 0.05) is 17.8 Å². The summed E-state index contributed by atoms with van der Waals surface area (Å²) >= 11 is 3.07. The molecule has 1 aromatic rings. The van der Waals surface area contributed by atoms with Crippen LogP contribution in [0.1, 0.15) is 6.92 Å². The highest BCUT2D eigenvalue weighted by atomic mass is 79.9. The Balaban J connectivity index is 2.56. The summed E-state index contributed by atoms with van der Waals surface area (Å²) in [4.78, 5) is 11.1. The number of halogens is 2. The molecule has 0 radical (unpaired) electrons. The Bertz CT molecular complexity index is 446. The Kier molecular flexibility index (Phi) is 5.15. The molecule has 0 saturated heterocycles. The highest BCUT2D eigenvalue weighted by Crippen LogP contribution is 2.19. The molecule has 1 rings (SSSR count). The molecule has 17 heavy (non-hydrogen) atoms. The molecule has 0 aliphatic heterocycles. The van der Waals surface area contributed by atoms with Gasteiger partial charge in [0.25, 0.3) is 0 Å². The molecule has 0 aliphatic rings. The van der Waals surface area contributed by atoms with E-state index in [0.29, 0.717) is 22.3 Å². The number of benzene rings is 1. The van der Waals surface area contributed by atoms with E-state index in [1.54, 1.807) is 25.1 Å². The van der Waals surface area contributed by atoms with Crippen LogP contribution in [0.25, 0.3) is 0 Å². The summed E-state index contributed by atoms with van der Waals surface area (Å²) in [5.74, 6) is -0.697. The molecule has 0 heterocycles. The van der Waals surface area contributed by atoms with Crippen molar-refractivity contribution >= 4 is 27.6 Å². The van der Waals surface area contributed by atoms with Gasteiger partial charge in [-0.05, 0) is 41.1 Å². The molecule has 1 aromatic carbocycles. The highest BCUT2D eigenvalue weighted by molar-refractivity contribution is 9.10. The molecule has 0 aromatic heterocycles. The zero-order valence-electron chi connectivity index (χ0n) is 9.59. The molecule has 92 valence electrons. The van der Waals surface area contributed by atoms with Crippen LogP contribution < -0.4 is 5.32 Å². The number of nitrogens with one attached hydrogen (secondary N) is 1. The smallest absolute Gasteiger partial charge is 0.333 e. The lowest BCUT2D eigenvalue weighted by molar-refractivity contribution is -0.136. The number of carbonyl (C=O) groups is 1. The molecule has 0 bridgehead atoms. The fraction of sp³-hybridized carbons (Fsp3) is 0.250. The van der Waals surface area contributed by atoms with Crippen molar-refractivity contribution in [3.8, 4) is 0 Å². The number of methoxy groups -OCH3 is 1. The largest absolute Gasteiger partial charge is 0.466 e. The average Bonchev–Trinajstić information content (AvgIpc) is 2.32. The van der Waals surface area contributed by atoms with E-state index < -0.39 is 0 Å². The van der Waals surface area contributed by atoms with E-state index in [9.17, 15) is 9.18 Å². The maximum atomic E-state index is 13.2. The Morgan fingerprint density at radius 1 is 1.59 bits per heavy atom. The van der Waals surface area contributed by atoms with E-state index in [1.165, 1.54) is 13.2 Å². The van der Waals surface area contributed by atoms with Gasteiger partial charge in [-0.25, -0.2) is 9.18 Å². The monoisotopic (exact) mass is 301 g/mol. The lowest BCUT2D eigenvalue weighted by atomic mass is 10.2. The summed E-state index contributed by atoms with van der Waals surface area (Å²) in [5.41, 5.74) is 1.16. The molecule has 0 atom stereocenters. The minimum Gasteiger partial charge on any atom is -0.466 e. The first kappa shape index (κ1) is 13.7. The van der Waals surface area contributed by atoms with Crippen LogP contribution in [0.15, 0.2) is 34.3 Å². The van der Waals surface area contributed by atoms with E-state index >= 15 is 0 Å². The van der Waals surface area contributed by atoms with Crippen LogP contribution in [0.5, 0.6) is 0 Å². The van der Waals surface area contributed by atoms with Gasteiger partial charge in [-0.15, -0.1) is 0 Å². The molecular weight excluding hydrogens is 289 g/mol. The average molecular weight is 302 g/mol. The van der Waals surface area contributed by atoms with Gasteiger partial charge >= 0.3 is 5.97 Å². The van der Waals surface area contributed by atoms with Gasteiger partial charge < -0.3 is 10.1 Å². The Hall–Kier alpha value is -1.36. The molecule has 0 amide bonds. The molecule has 5 heteroatoms. The first-order valence-corrected chi connectivity index (χ1v) is 5.78. The molecule has 1 N–H and O–H groups in total. The van der Waals surface area contributed by atoms with Gasteiger partial charge in [0.05, 0.1) is 11.6 Å². The lowest BCUT2D eigenvalue weighted by Gasteiger charge is -2.05. The summed E-state index contributed by atoms with van der Waals surface area (Å²) in [6, 6.07) is 4.74. The van der Waals surface area contributed by atoms with Crippen molar-refractivity contribution < 1.29 is 13.9 Å².